The van der Waals surface area contributed by atoms with E-state index in [9.17, 15) is 9.18 Å². The highest BCUT2D eigenvalue weighted by atomic mass is 19.1. The summed E-state index contributed by atoms with van der Waals surface area (Å²) >= 11 is 0. The summed E-state index contributed by atoms with van der Waals surface area (Å²) in [5.74, 6) is -0.944. The first-order chi connectivity index (χ1) is 9.01. The maximum Gasteiger partial charge on any atom is 0.272 e. The van der Waals surface area contributed by atoms with Gasteiger partial charge in [-0.05, 0) is 24.3 Å². The van der Waals surface area contributed by atoms with Gasteiger partial charge in [0.15, 0.2) is 0 Å². The molecule has 96 valence electrons. The van der Waals surface area contributed by atoms with Gasteiger partial charge in [0, 0.05) is 13.2 Å². The van der Waals surface area contributed by atoms with E-state index in [2.05, 4.69) is 5.32 Å². The molecule has 0 spiro atoms. The van der Waals surface area contributed by atoms with Crippen molar-refractivity contribution in [3.63, 3.8) is 0 Å². The number of carbonyl (C=O) groups excluding carboxylic acids is 1. The van der Waals surface area contributed by atoms with Crippen molar-refractivity contribution in [2.75, 3.05) is 11.1 Å². The summed E-state index contributed by atoms with van der Waals surface area (Å²) in [5, 5.41) is 11.4. The van der Waals surface area contributed by atoms with Gasteiger partial charge in [0.2, 0.25) is 0 Å². The van der Waals surface area contributed by atoms with Gasteiger partial charge in [-0.15, -0.1) is 0 Å². The lowest BCUT2D eigenvalue weighted by Gasteiger charge is -2.07. The highest BCUT2D eigenvalue weighted by molar-refractivity contribution is 6.04. The van der Waals surface area contributed by atoms with E-state index in [4.69, 9.17) is 11.0 Å². The van der Waals surface area contributed by atoms with E-state index in [0.29, 0.717) is 11.4 Å². The Kier molecular flexibility index (Phi) is 3.21. The van der Waals surface area contributed by atoms with Gasteiger partial charge < -0.3 is 15.6 Å². The Hall–Kier alpha value is -2.81. The molecule has 0 aliphatic heterocycles. The lowest BCUT2D eigenvalue weighted by atomic mass is 10.2. The summed E-state index contributed by atoms with van der Waals surface area (Å²) in [5.41, 5.74) is 6.72. The minimum atomic E-state index is -0.530. The van der Waals surface area contributed by atoms with Crippen LogP contribution in [0.25, 0.3) is 0 Å². The molecule has 0 aliphatic carbocycles. The fourth-order valence-electron chi connectivity index (χ4n) is 1.72. The second kappa shape index (κ2) is 4.82. The van der Waals surface area contributed by atoms with Crippen molar-refractivity contribution in [1.82, 2.24) is 4.57 Å². The number of nitrogens with two attached hydrogens (primary N) is 1. The molecular weight excluding hydrogens is 247 g/mol. The Balaban J connectivity index is 2.29. The number of nitrogens with zero attached hydrogens (tertiary/aromatic N) is 2. The molecule has 1 amide bonds. The van der Waals surface area contributed by atoms with Crippen LogP contribution in [0.15, 0.2) is 30.5 Å². The molecule has 5 nitrogen and oxygen atoms in total. The number of rotatable bonds is 2. The first-order valence-electron chi connectivity index (χ1n) is 5.44. The number of nitrogens with one attached hydrogen (secondary N) is 1. The van der Waals surface area contributed by atoms with Crippen molar-refractivity contribution in [2.24, 2.45) is 7.05 Å². The molecule has 0 bridgehead atoms. The summed E-state index contributed by atoms with van der Waals surface area (Å²) < 4.78 is 14.5. The van der Waals surface area contributed by atoms with Crippen LogP contribution in [0.4, 0.5) is 15.8 Å². The van der Waals surface area contributed by atoms with Gasteiger partial charge in [-0.1, -0.05) is 0 Å². The molecule has 2 aromatic rings. The minimum Gasteiger partial charge on any atom is -0.397 e. The number of anilines is 2. The van der Waals surface area contributed by atoms with Crippen LogP contribution in [0, 0.1) is 17.1 Å². The molecule has 19 heavy (non-hydrogen) atoms. The quantitative estimate of drug-likeness (QED) is 0.862. The standard InChI is InChI=1S/C13H11FN4O/c1-18-7-10(16)5-12(18)13(19)17-11-3-2-9(14)4-8(11)6-15/h2-5,7H,16H2,1H3,(H,17,19). The fraction of sp³-hybridized carbons (Fsp3) is 0.0769. The zero-order chi connectivity index (χ0) is 14.0. The number of halogens is 1. The summed E-state index contributed by atoms with van der Waals surface area (Å²) in [6.45, 7) is 0. The van der Waals surface area contributed by atoms with E-state index in [0.717, 1.165) is 6.07 Å². The van der Waals surface area contributed by atoms with E-state index in [1.54, 1.807) is 17.8 Å². The maximum atomic E-state index is 13.0. The zero-order valence-corrected chi connectivity index (χ0v) is 10.1. The normalized spacial score (nSPS) is 9.95. The average Bonchev–Trinajstić information content (AvgIpc) is 2.70. The predicted molar refractivity (Wildman–Crippen MR) is 68.9 cm³/mol. The third-order valence-corrected chi connectivity index (χ3v) is 2.61. The lowest BCUT2D eigenvalue weighted by molar-refractivity contribution is 0.101. The number of nitrogen functional groups attached to an aromatic ring is 1. The monoisotopic (exact) mass is 258 g/mol. The Morgan fingerprint density at radius 1 is 1.47 bits per heavy atom. The molecule has 0 unspecified atom stereocenters. The Morgan fingerprint density at radius 3 is 2.79 bits per heavy atom. The number of carbonyl (C=O) groups is 1. The van der Waals surface area contributed by atoms with Gasteiger partial charge in [0.05, 0.1) is 16.9 Å². The second-order valence-corrected chi connectivity index (χ2v) is 4.03. The van der Waals surface area contributed by atoms with Gasteiger partial charge in [-0.3, -0.25) is 4.79 Å². The molecule has 0 radical (unpaired) electrons. The van der Waals surface area contributed by atoms with Crippen LogP contribution in [0.3, 0.4) is 0 Å². The number of aryl methyl sites for hydroxylation is 1. The first-order valence-corrected chi connectivity index (χ1v) is 5.44. The lowest BCUT2D eigenvalue weighted by Crippen LogP contribution is -2.16. The van der Waals surface area contributed by atoms with Crippen LogP contribution in [0.1, 0.15) is 16.1 Å². The van der Waals surface area contributed by atoms with Crippen LogP contribution >= 0.6 is 0 Å². The van der Waals surface area contributed by atoms with E-state index in [1.165, 1.54) is 18.2 Å². The molecule has 6 heteroatoms. The Morgan fingerprint density at radius 2 is 2.21 bits per heavy atom. The predicted octanol–water partition coefficient (Wildman–Crippen LogP) is 1.87. The highest BCUT2D eigenvalue weighted by Gasteiger charge is 2.13. The third kappa shape index (κ3) is 2.55. The van der Waals surface area contributed by atoms with Crippen molar-refractivity contribution in [3.05, 3.63) is 47.5 Å². The molecule has 1 heterocycles. The van der Waals surface area contributed by atoms with Crippen LogP contribution in [0.2, 0.25) is 0 Å². The zero-order valence-electron chi connectivity index (χ0n) is 10.1. The SMILES string of the molecule is Cn1cc(N)cc1C(=O)Nc1ccc(F)cc1C#N. The third-order valence-electron chi connectivity index (χ3n) is 2.61. The topological polar surface area (TPSA) is 83.8 Å². The van der Waals surface area contributed by atoms with Crippen LogP contribution in [-0.4, -0.2) is 10.5 Å². The van der Waals surface area contributed by atoms with Gasteiger partial charge in [-0.25, -0.2) is 4.39 Å². The van der Waals surface area contributed by atoms with Crippen molar-refractivity contribution >= 4 is 17.3 Å². The van der Waals surface area contributed by atoms with E-state index >= 15 is 0 Å². The number of benzene rings is 1. The summed E-state index contributed by atoms with van der Waals surface area (Å²) in [7, 11) is 1.68. The van der Waals surface area contributed by atoms with Crippen molar-refractivity contribution in [2.45, 2.75) is 0 Å². The second-order valence-electron chi connectivity index (χ2n) is 4.03. The Bertz CT molecular complexity index is 684. The molecule has 0 saturated carbocycles. The van der Waals surface area contributed by atoms with Gasteiger partial charge in [0.25, 0.3) is 5.91 Å². The number of nitriles is 1. The summed E-state index contributed by atoms with van der Waals surface area (Å²) in [4.78, 5) is 12.0. The molecule has 0 aliphatic rings. The molecule has 3 N–H and O–H groups in total. The molecule has 2 rings (SSSR count). The van der Waals surface area contributed by atoms with Crippen molar-refractivity contribution in [1.29, 1.82) is 5.26 Å². The first kappa shape index (κ1) is 12.6. The van der Waals surface area contributed by atoms with Crippen molar-refractivity contribution < 1.29 is 9.18 Å². The van der Waals surface area contributed by atoms with Crippen molar-refractivity contribution in [3.8, 4) is 6.07 Å². The molecular formula is C13H11FN4O. The molecule has 1 aromatic carbocycles. The molecule has 0 atom stereocenters. The van der Waals surface area contributed by atoms with Gasteiger partial charge >= 0.3 is 0 Å². The summed E-state index contributed by atoms with van der Waals surface area (Å²) in [6, 6.07) is 6.93. The summed E-state index contributed by atoms with van der Waals surface area (Å²) in [6.07, 6.45) is 1.60. The van der Waals surface area contributed by atoms with Gasteiger partial charge in [-0.2, -0.15) is 5.26 Å². The van der Waals surface area contributed by atoms with Crippen LogP contribution in [-0.2, 0) is 7.05 Å². The highest BCUT2D eigenvalue weighted by Crippen LogP contribution is 2.18. The molecule has 0 fully saturated rings. The number of hydrogen-bond donors (Lipinski definition) is 2. The van der Waals surface area contributed by atoms with E-state index in [1.807, 2.05) is 6.07 Å². The number of amides is 1. The number of aromatic nitrogens is 1. The Labute approximate surface area is 109 Å². The fourth-order valence-corrected chi connectivity index (χ4v) is 1.72. The average molecular weight is 258 g/mol. The minimum absolute atomic E-state index is 0.0653. The molecule has 1 aromatic heterocycles. The van der Waals surface area contributed by atoms with E-state index in [-0.39, 0.29) is 11.3 Å². The largest absolute Gasteiger partial charge is 0.397 e. The van der Waals surface area contributed by atoms with Crippen LogP contribution in [0.5, 0.6) is 0 Å². The number of hydrogen-bond acceptors (Lipinski definition) is 3. The van der Waals surface area contributed by atoms with Gasteiger partial charge in [0.1, 0.15) is 17.6 Å². The molecule has 0 saturated heterocycles. The maximum absolute atomic E-state index is 13.0. The van der Waals surface area contributed by atoms with E-state index < -0.39 is 11.7 Å². The smallest absolute Gasteiger partial charge is 0.272 e. The van der Waals surface area contributed by atoms with Crippen LogP contribution < -0.4 is 11.1 Å².